The average Bonchev–Trinajstić information content (AvgIpc) is 2.28. The van der Waals surface area contributed by atoms with Crippen molar-refractivity contribution in [1.82, 2.24) is 0 Å². The minimum absolute atomic E-state index is 0.0725. The second-order valence-electron chi connectivity index (χ2n) is 3.76. The van der Waals surface area contributed by atoms with Gasteiger partial charge < -0.3 is 10.2 Å². The number of aliphatic imine (C=N–C) groups is 1. The van der Waals surface area contributed by atoms with Crippen molar-refractivity contribution >= 4 is 16.8 Å². The van der Waals surface area contributed by atoms with Gasteiger partial charge in [0.1, 0.15) is 11.5 Å². The van der Waals surface area contributed by atoms with Crippen molar-refractivity contribution in [3.05, 3.63) is 36.5 Å². The van der Waals surface area contributed by atoms with E-state index < -0.39 is 0 Å². The fraction of sp³-hybridized carbons (Fsp3) is 0.308. The zero-order valence-electron chi connectivity index (χ0n) is 10.1. The molecule has 0 bridgehead atoms. The van der Waals surface area contributed by atoms with E-state index in [0.29, 0.717) is 0 Å². The Morgan fingerprint density at radius 3 is 2.76 bits per heavy atom. The highest BCUT2D eigenvalue weighted by molar-refractivity contribution is 8.13. The Morgan fingerprint density at radius 2 is 2.24 bits per heavy atom. The van der Waals surface area contributed by atoms with E-state index in [1.54, 1.807) is 23.9 Å². The van der Waals surface area contributed by atoms with Gasteiger partial charge in [-0.3, -0.25) is 4.99 Å². The third-order valence-corrected chi connectivity index (χ3v) is 3.24. The molecule has 0 amide bonds. The highest BCUT2D eigenvalue weighted by Crippen LogP contribution is 2.32. The Labute approximate surface area is 106 Å². The number of hydrogen-bond donors (Lipinski definition) is 2. The molecule has 0 radical (unpaired) electrons. The van der Waals surface area contributed by atoms with Crippen molar-refractivity contribution < 1.29 is 10.2 Å². The molecule has 1 atom stereocenters. The Kier molecular flexibility index (Phi) is 5.10. The Morgan fingerprint density at radius 1 is 1.53 bits per heavy atom. The molecule has 17 heavy (non-hydrogen) atoms. The van der Waals surface area contributed by atoms with Gasteiger partial charge in [0.25, 0.3) is 0 Å². The van der Waals surface area contributed by atoms with E-state index in [-0.39, 0.29) is 17.4 Å². The molecule has 1 aromatic carbocycles. The van der Waals surface area contributed by atoms with Crippen LogP contribution >= 0.6 is 11.8 Å². The van der Waals surface area contributed by atoms with Crippen LogP contribution in [0, 0.1) is 0 Å². The predicted molar refractivity (Wildman–Crippen MR) is 74.0 cm³/mol. The highest BCUT2D eigenvalue weighted by Gasteiger charge is 2.13. The fourth-order valence-electron chi connectivity index (χ4n) is 1.61. The molecular weight excluding hydrogens is 234 g/mol. The lowest BCUT2D eigenvalue weighted by molar-refractivity contribution is 0.443. The molecule has 0 spiro atoms. The van der Waals surface area contributed by atoms with Gasteiger partial charge in [-0.05, 0) is 23.8 Å². The van der Waals surface area contributed by atoms with E-state index in [2.05, 4.69) is 11.6 Å². The molecule has 0 saturated heterocycles. The summed E-state index contributed by atoms with van der Waals surface area (Å²) in [7, 11) is 0. The quantitative estimate of drug-likeness (QED) is 0.636. The molecule has 1 unspecified atom stereocenters. The Hall–Kier alpha value is -1.42. The van der Waals surface area contributed by atoms with Gasteiger partial charge in [0.15, 0.2) is 0 Å². The number of phenols is 2. The summed E-state index contributed by atoms with van der Waals surface area (Å²) in [5.74, 6) is 0.335. The second kappa shape index (κ2) is 6.35. The SMILES string of the molecule is C=CN=C(CC(C)c1ccc(O)cc1O)SC. The molecule has 0 aliphatic rings. The summed E-state index contributed by atoms with van der Waals surface area (Å²) >= 11 is 1.57. The lowest BCUT2D eigenvalue weighted by atomic mass is 9.97. The zero-order valence-corrected chi connectivity index (χ0v) is 10.9. The minimum Gasteiger partial charge on any atom is -0.508 e. The molecule has 3 nitrogen and oxygen atoms in total. The van der Waals surface area contributed by atoms with Gasteiger partial charge >= 0.3 is 0 Å². The lowest BCUT2D eigenvalue weighted by Gasteiger charge is -2.14. The van der Waals surface area contributed by atoms with E-state index in [4.69, 9.17) is 0 Å². The molecule has 0 fully saturated rings. The van der Waals surface area contributed by atoms with Crippen molar-refractivity contribution in [3.8, 4) is 11.5 Å². The molecule has 4 heteroatoms. The molecule has 0 saturated carbocycles. The predicted octanol–water partition coefficient (Wildman–Crippen LogP) is 3.50. The molecule has 2 N–H and O–H groups in total. The van der Waals surface area contributed by atoms with Crippen LogP contribution in [0.2, 0.25) is 0 Å². The number of nitrogens with zero attached hydrogens (tertiary/aromatic N) is 1. The zero-order chi connectivity index (χ0) is 12.8. The summed E-state index contributed by atoms with van der Waals surface area (Å²) in [6, 6.07) is 4.67. The van der Waals surface area contributed by atoms with Crippen LogP contribution in [0.4, 0.5) is 0 Å². The summed E-state index contributed by atoms with van der Waals surface area (Å²) in [6.07, 6.45) is 4.23. The Bertz CT molecular complexity index is 429. The summed E-state index contributed by atoms with van der Waals surface area (Å²) in [5, 5.41) is 20.0. The van der Waals surface area contributed by atoms with Gasteiger partial charge in [0.2, 0.25) is 0 Å². The largest absolute Gasteiger partial charge is 0.508 e. The van der Waals surface area contributed by atoms with Crippen molar-refractivity contribution in [3.63, 3.8) is 0 Å². The monoisotopic (exact) mass is 251 g/mol. The first-order chi connectivity index (χ1) is 8.08. The molecule has 0 aliphatic heterocycles. The molecule has 0 heterocycles. The number of phenolic OH excluding ortho intramolecular Hbond substituents is 2. The molecule has 1 rings (SSSR count). The first kappa shape index (κ1) is 13.6. The van der Waals surface area contributed by atoms with Crippen LogP contribution in [-0.4, -0.2) is 21.5 Å². The van der Waals surface area contributed by atoms with E-state index >= 15 is 0 Å². The fourth-order valence-corrected chi connectivity index (χ4v) is 2.21. The third kappa shape index (κ3) is 3.82. The molecule has 0 aromatic heterocycles. The Balaban J connectivity index is 2.85. The second-order valence-corrected chi connectivity index (χ2v) is 4.64. The van der Waals surface area contributed by atoms with Crippen molar-refractivity contribution in [2.75, 3.05) is 6.26 Å². The van der Waals surface area contributed by atoms with E-state index in [1.165, 1.54) is 12.3 Å². The van der Waals surface area contributed by atoms with Crippen molar-refractivity contribution in [2.24, 2.45) is 4.99 Å². The first-order valence-corrected chi connectivity index (χ1v) is 6.54. The summed E-state index contributed by atoms with van der Waals surface area (Å²) in [6.45, 7) is 5.59. The average molecular weight is 251 g/mol. The van der Waals surface area contributed by atoms with Crippen LogP contribution in [0.15, 0.2) is 36.0 Å². The van der Waals surface area contributed by atoms with Gasteiger partial charge in [0, 0.05) is 18.7 Å². The standard InChI is InChI=1S/C13H17NO2S/c1-4-14-13(17-3)7-9(2)11-6-5-10(15)8-12(11)16/h4-6,8-9,15-16H,1,7H2,2-3H3. The lowest BCUT2D eigenvalue weighted by Crippen LogP contribution is -2.01. The van der Waals surface area contributed by atoms with Gasteiger partial charge in [0.05, 0.1) is 5.04 Å². The van der Waals surface area contributed by atoms with Gasteiger partial charge in [-0.1, -0.05) is 19.6 Å². The summed E-state index contributed by atoms with van der Waals surface area (Å²) in [5.41, 5.74) is 0.814. The normalized spacial score (nSPS) is 13.4. The summed E-state index contributed by atoms with van der Waals surface area (Å²) < 4.78 is 0. The molecule has 1 aromatic rings. The van der Waals surface area contributed by atoms with Crippen LogP contribution in [0.3, 0.4) is 0 Å². The topological polar surface area (TPSA) is 52.8 Å². The first-order valence-electron chi connectivity index (χ1n) is 5.32. The van der Waals surface area contributed by atoms with Crippen LogP contribution in [0.25, 0.3) is 0 Å². The van der Waals surface area contributed by atoms with Gasteiger partial charge in [-0.15, -0.1) is 11.8 Å². The van der Waals surface area contributed by atoms with Crippen LogP contribution in [0.1, 0.15) is 24.8 Å². The maximum atomic E-state index is 9.75. The molecule has 0 aliphatic carbocycles. The van der Waals surface area contributed by atoms with Crippen molar-refractivity contribution in [2.45, 2.75) is 19.3 Å². The van der Waals surface area contributed by atoms with E-state index in [9.17, 15) is 10.2 Å². The number of benzene rings is 1. The molecule has 92 valence electrons. The number of aromatic hydroxyl groups is 2. The number of rotatable bonds is 4. The maximum absolute atomic E-state index is 9.75. The summed E-state index contributed by atoms with van der Waals surface area (Å²) in [4.78, 5) is 4.17. The minimum atomic E-state index is 0.0725. The van der Waals surface area contributed by atoms with Crippen LogP contribution in [0.5, 0.6) is 11.5 Å². The molecular formula is C13H17NO2S. The maximum Gasteiger partial charge on any atom is 0.122 e. The van der Waals surface area contributed by atoms with Crippen molar-refractivity contribution in [1.29, 1.82) is 0 Å². The number of hydrogen-bond acceptors (Lipinski definition) is 4. The number of thioether (sulfide) groups is 1. The van der Waals surface area contributed by atoms with Crippen LogP contribution < -0.4 is 0 Å². The third-order valence-electron chi connectivity index (χ3n) is 2.50. The van der Waals surface area contributed by atoms with E-state index in [1.807, 2.05) is 13.2 Å². The van der Waals surface area contributed by atoms with Gasteiger partial charge in [-0.25, -0.2) is 0 Å². The smallest absolute Gasteiger partial charge is 0.122 e. The van der Waals surface area contributed by atoms with Crippen LogP contribution in [-0.2, 0) is 0 Å². The highest BCUT2D eigenvalue weighted by atomic mass is 32.2. The van der Waals surface area contributed by atoms with Gasteiger partial charge in [-0.2, -0.15) is 0 Å². The van der Waals surface area contributed by atoms with E-state index in [0.717, 1.165) is 17.0 Å².